The predicted octanol–water partition coefficient (Wildman–Crippen LogP) is 3.66. The van der Waals surface area contributed by atoms with Crippen LogP contribution < -0.4 is 9.62 Å². The number of thiocarbonyl (C=S) groups is 1. The lowest BCUT2D eigenvalue weighted by Gasteiger charge is -2.23. The van der Waals surface area contributed by atoms with Gasteiger partial charge in [-0.2, -0.15) is 0 Å². The summed E-state index contributed by atoms with van der Waals surface area (Å²) in [5.74, 6) is 0. The molecule has 0 aliphatic rings. The molecule has 0 bridgehead atoms. The maximum atomic E-state index is 12.8. The molecule has 0 heterocycles. The number of para-hydroxylation sites is 1. The summed E-state index contributed by atoms with van der Waals surface area (Å²) in [6.07, 6.45) is 0. The molecule has 0 aliphatic carbocycles. The molecule has 0 unspecified atom stereocenters. The first-order valence-corrected chi connectivity index (χ1v) is 8.75. The van der Waals surface area contributed by atoms with E-state index in [2.05, 4.69) is 5.32 Å². The topological polar surface area (TPSA) is 49.4 Å². The van der Waals surface area contributed by atoms with Crippen molar-refractivity contribution in [1.29, 1.82) is 0 Å². The van der Waals surface area contributed by atoms with Gasteiger partial charge < -0.3 is 5.32 Å². The molecule has 4 nitrogen and oxygen atoms in total. The van der Waals surface area contributed by atoms with Crippen molar-refractivity contribution in [2.24, 2.45) is 0 Å². The van der Waals surface area contributed by atoms with E-state index in [0.717, 1.165) is 5.69 Å². The van der Waals surface area contributed by atoms with Crippen molar-refractivity contribution in [1.82, 2.24) is 0 Å². The van der Waals surface area contributed by atoms with E-state index < -0.39 is 10.0 Å². The molecule has 6 heteroatoms. The third kappa shape index (κ3) is 3.64. The maximum absolute atomic E-state index is 12.8. The minimum atomic E-state index is -3.58. The quantitative estimate of drug-likeness (QED) is 0.848. The average molecular weight is 334 g/mol. The molecule has 0 aromatic heterocycles. The summed E-state index contributed by atoms with van der Waals surface area (Å²) in [5, 5.41) is 2.98. The molecule has 0 atom stereocenters. The van der Waals surface area contributed by atoms with E-state index in [1.54, 1.807) is 43.3 Å². The third-order valence-electron chi connectivity index (χ3n) is 3.09. The SMILES string of the molecule is CCN(c1ccccc1)S(=O)(=O)c1ccc(NC(C)=S)cc1. The fourth-order valence-corrected chi connectivity index (χ4v) is 3.72. The van der Waals surface area contributed by atoms with Crippen LogP contribution in [-0.2, 0) is 10.0 Å². The second kappa shape index (κ2) is 6.89. The molecule has 2 aromatic rings. The summed E-state index contributed by atoms with van der Waals surface area (Å²) in [5.41, 5.74) is 1.43. The molecular formula is C16H18N2O2S2. The minimum Gasteiger partial charge on any atom is -0.350 e. The Hall–Kier alpha value is -1.92. The van der Waals surface area contributed by atoms with Crippen molar-refractivity contribution >= 4 is 38.6 Å². The van der Waals surface area contributed by atoms with Gasteiger partial charge in [-0.3, -0.25) is 4.31 Å². The molecule has 0 aliphatic heterocycles. The molecule has 0 spiro atoms. The van der Waals surface area contributed by atoms with Crippen LogP contribution in [0.25, 0.3) is 0 Å². The zero-order chi connectivity index (χ0) is 16.2. The summed E-state index contributed by atoms with van der Waals surface area (Å²) in [4.78, 5) is 0.890. The fourth-order valence-electron chi connectivity index (χ4n) is 2.13. The monoisotopic (exact) mass is 334 g/mol. The van der Waals surface area contributed by atoms with E-state index in [9.17, 15) is 8.42 Å². The third-order valence-corrected chi connectivity index (χ3v) is 5.11. The summed E-state index contributed by atoms with van der Waals surface area (Å²) < 4.78 is 26.9. The Morgan fingerprint density at radius 1 is 1.09 bits per heavy atom. The summed E-state index contributed by atoms with van der Waals surface area (Å²) in [6, 6.07) is 15.7. The lowest BCUT2D eigenvalue weighted by molar-refractivity contribution is 0.592. The largest absolute Gasteiger partial charge is 0.350 e. The van der Waals surface area contributed by atoms with Crippen LogP contribution in [0.15, 0.2) is 59.5 Å². The molecule has 2 aromatic carbocycles. The highest BCUT2D eigenvalue weighted by Gasteiger charge is 2.23. The average Bonchev–Trinajstić information content (AvgIpc) is 2.49. The second-order valence-electron chi connectivity index (χ2n) is 4.71. The standard InChI is InChI=1S/C16H18N2O2S2/c1-3-18(15-7-5-4-6-8-15)22(19,20)16-11-9-14(10-12-16)17-13(2)21/h4-12H,3H2,1-2H3,(H,17,21). The van der Waals surface area contributed by atoms with Gasteiger partial charge in [0.05, 0.1) is 15.6 Å². The Kier molecular flexibility index (Phi) is 5.15. The number of nitrogens with zero attached hydrogens (tertiary/aromatic N) is 1. The van der Waals surface area contributed by atoms with Gasteiger partial charge in [-0.15, -0.1) is 0 Å². The smallest absolute Gasteiger partial charge is 0.264 e. The van der Waals surface area contributed by atoms with Crippen molar-refractivity contribution < 1.29 is 8.42 Å². The molecule has 0 fully saturated rings. The first-order valence-electron chi connectivity index (χ1n) is 6.90. The van der Waals surface area contributed by atoms with E-state index in [1.165, 1.54) is 4.31 Å². The number of benzene rings is 2. The van der Waals surface area contributed by atoms with Crippen LogP contribution in [0.5, 0.6) is 0 Å². The fraction of sp³-hybridized carbons (Fsp3) is 0.188. The molecular weight excluding hydrogens is 316 g/mol. The van der Waals surface area contributed by atoms with Gasteiger partial charge in [0.2, 0.25) is 0 Å². The van der Waals surface area contributed by atoms with Gasteiger partial charge in [-0.25, -0.2) is 8.42 Å². The van der Waals surface area contributed by atoms with Gasteiger partial charge in [-0.1, -0.05) is 30.4 Å². The Labute approximate surface area is 136 Å². The number of sulfonamides is 1. The molecule has 2 rings (SSSR count). The van der Waals surface area contributed by atoms with Crippen molar-refractivity contribution in [2.75, 3.05) is 16.2 Å². The Balaban J connectivity index is 2.34. The van der Waals surface area contributed by atoms with Crippen LogP contribution in [0.2, 0.25) is 0 Å². The number of hydrogen-bond donors (Lipinski definition) is 1. The van der Waals surface area contributed by atoms with Gasteiger partial charge in [0.15, 0.2) is 0 Å². The van der Waals surface area contributed by atoms with Crippen LogP contribution in [-0.4, -0.2) is 20.0 Å². The van der Waals surface area contributed by atoms with Crippen molar-refractivity contribution in [3.05, 3.63) is 54.6 Å². The van der Waals surface area contributed by atoms with Crippen molar-refractivity contribution in [3.8, 4) is 0 Å². The molecule has 0 saturated heterocycles. The zero-order valence-corrected chi connectivity index (χ0v) is 14.1. The summed E-state index contributed by atoms with van der Waals surface area (Å²) >= 11 is 4.97. The van der Waals surface area contributed by atoms with Crippen molar-refractivity contribution in [2.45, 2.75) is 18.7 Å². The van der Waals surface area contributed by atoms with Crippen LogP contribution in [0.1, 0.15) is 13.8 Å². The maximum Gasteiger partial charge on any atom is 0.264 e. The van der Waals surface area contributed by atoms with E-state index >= 15 is 0 Å². The Morgan fingerprint density at radius 2 is 1.68 bits per heavy atom. The second-order valence-corrected chi connectivity index (χ2v) is 7.19. The number of anilines is 2. The van der Waals surface area contributed by atoms with Crippen LogP contribution in [0.4, 0.5) is 11.4 Å². The number of hydrogen-bond acceptors (Lipinski definition) is 3. The zero-order valence-electron chi connectivity index (χ0n) is 12.5. The van der Waals surface area contributed by atoms with Crippen LogP contribution in [0, 0.1) is 0 Å². The molecule has 22 heavy (non-hydrogen) atoms. The Bertz CT molecular complexity index is 741. The highest BCUT2D eigenvalue weighted by molar-refractivity contribution is 7.92. The highest BCUT2D eigenvalue weighted by Crippen LogP contribution is 2.24. The van der Waals surface area contributed by atoms with Gasteiger partial charge in [0, 0.05) is 12.2 Å². The molecule has 0 amide bonds. The number of rotatable bonds is 5. The molecule has 0 radical (unpaired) electrons. The highest BCUT2D eigenvalue weighted by atomic mass is 32.2. The van der Waals surface area contributed by atoms with Gasteiger partial charge in [-0.05, 0) is 50.2 Å². The molecule has 1 N–H and O–H groups in total. The summed E-state index contributed by atoms with van der Waals surface area (Å²) in [6.45, 7) is 3.95. The van der Waals surface area contributed by atoms with Gasteiger partial charge in [0.25, 0.3) is 10.0 Å². The number of nitrogens with one attached hydrogen (secondary N) is 1. The first kappa shape index (κ1) is 16.5. The van der Waals surface area contributed by atoms with E-state index in [4.69, 9.17) is 12.2 Å². The lowest BCUT2D eigenvalue weighted by atomic mass is 10.3. The van der Waals surface area contributed by atoms with Crippen LogP contribution in [0.3, 0.4) is 0 Å². The molecule has 0 saturated carbocycles. The predicted molar refractivity (Wildman–Crippen MR) is 95.0 cm³/mol. The Morgan fingerprint density at radius 3 is 2.18 bits per heavy atom. The van der Waals surface area contributed by atoms with E-state index in [-0.39, 0.29) is 4.90 Å². The summed E-state index contributed by atoms with van der Waals surface area (Å²) in [7, 11) is -3.58. The first-order chi connectivity index (χ1) is 10.4. The molecule has 116 valence electrons. The van der Waals surface area contributed by atoms with Gasteiger partial charge >= 0.3 is 0 Å². The van der Waals surface area contributed by atoms with Crippen molar-refractivity contribution in [3.63, 3.8) is 0 Å². The minimum absolute atomic E-state index is 0.255. The van der Waals surface area contributed by atoms with E-state index in [1.807, 2.05) is 25.1 Å². The lowest BCUT2D eigenvalue weighted by Crippen LogP contribution is -2.30. The van der Waals surface area contributed by atoms with E-state index in [0.29, 0.717) is 17.2 Å². The normalized spacial score (nSPS) is 11.0. The van der Waals surface area contributed by atoms with Gasteiger partial charge in [0.1, 0.15) is 0 Å². The van der Waals surface area contributed by atoms with Crippen LogP contribution >= 0.6 is 12.2 Å².